The third-order valence-electron chi connectivity index (χ3n) is 2.09. The Hall–Kier alpha value is -1.42. The van der Waals surface area contributed by atoms with E-state index in [0.29, 0.717) is 12.4 Å². The summed E-state index contributed by atoms with van der Waals surface area (Å²) < 4.78 is 1.90. The Morgan fingerprint density at radius 3 is 3.00 bits per heavy atom. The third-order valence-corrected chi connectivity index (χ3v) is 2.33. The van der Waals surface area contributed by atoms with Crippen molar-refractivity contribution in [3.8, 4) is 0 Å². The average molecular weight is 223 g/mol. The van der Waals surface area contributed by atoms with Crippen LogP contribution >= 0.6 is 11.6 Å². The number of aromatic nitrogens is 4. The van der Waals surface area contributed by atoms with Gasteiger partial charge in [-0.05, 0) is 19.1 Å². The van der Waals surface area contributed by atoms with Gasteiger partial charge in [0.25, 0.3) is 0 Å². The van der Waals surface area contributed by atoms with E-state index in [9.17, 15) is 0 Å². The van der Waals surface area contributed by atoms with Crippen LogP contribution in [0.3, 0.4) is 0 Å². The van der Waals surface area contributed by atoms with Crippen LogP contribution in [0.4, 0.5) is 0 Å². The van der Waals surface area contributed by atoms with Crippen molar-refractivity contribution < 1.29 is 0 Å². The summed E-state index contributed by atoms with van der Waals surface area (Å²) >= 11 is 5.73. The van der Waals surface area contributed by atoms with E-state index in [1.165, 1.54) is 0 Å². The lowest BCUT2D eigenvalue weighted by molar-refractivity contribution is 0.733. The number of aryl methyl sites for hydroxylation is 1. The molecule has 2 rings (SSSR count). The molecule has 2 heterocycles. The molecule has 0 unspecified atom stereocenters. The molecule has 0 aromatic carbocycles. The van der Waals surface area contributed by atoms with Gasteiger partial charge in [0.15, 0.2) is 0 Å². The monoisotopic (exact) mass is 222 g/mol. The maximum absolute atomic E-state index is 5.73. The van der Waals surface area contributed by atoms with Crippen LogP contribution in [0.1, 0.15) is 17.2 Å². The highest BCUT2D eigenvalue weighted by Gasteiger charge is 2.03. The van der Waals surface area contributed by atoms with E-state index >= 15 is 0 Å². The fourth-order valence-corrected chi connectivity index (χ4v) is 1.58. The molecular formula is C10H11ClN4. The normalized spacial score (nSPS) is 10.5. The molecule has 0 spiro atoms. The number of pyridine rings is 1. The van der Waals surface area contributed by atoms with E-state index in [4.69, 9.17) is 11.6 Å². The van der Waals surface area contributed by atoms with Gasteiger partial charge in [-0.2, -0.15) is 0 Å². The Morgan fingerprint density at radius 2 is 2.27 bits per heavy atom. The molecule has 4 nitrogen and oxygen atoms in total. The molecule has 0 radical (unpaired) electrons. The zero-order valence-corrected chi connectivity index (χ0v) is 9.15. The molecule has 0 aliphatic heterocycles. The van der Waals surface area contributed by atoms with Crippen LogP contribution in [0.15, 0.2) is 24.5 Å². The molecular weight excluding hydrogens is 212 g/mol. The highest BCUT2D eigenvalue weighted by molar-refractivity contribution is 6.16. The van der Waals surface area contributed by atoms with E-state index in [2.05, 4.69) is 15.2 Å². The van der Waals surface area contributed by atoms with E-state index in [1.54, 1.807) is 6.33 Å². The minimum atomic E-state index is 0.367. The number of rotatable bonds is 3. The smallest absolute Gasteiger partial charge is 0.148 e. The van der Waals surface area contributed by atoms with E-state index < -0.39 is 0 Å². The molecule has 0 aliphatic carbocycles. The molecule has 0 saturated heterocycles. The predicted molar refractivity (Wildman–Crippen MR) is 57.7 cm³/mol. The van der Waals surface area contributed by atoms with Crippen LogP contribution in [0, 0.1) is 6.92 Å². The van der Waals surface area contributed by atoms with E-state index in [0.717, 1.165) is 17.2 Å². The van der Waals surface area contributed by atoms with Crippen molar-refractivity contribution in [2.24, 2.45) is 0 Å². The molecule has 0 aliphatic rings. The van der Waals surface area contributed by atoms with Crippen LogP contribution in [-0.2, 0) is 12.4 Å². The van der Waals surface area contributed by atoms with Crippen molar-refractivity contribution in [2.75, 3.05) is 0 Å². The Balaban J connectivity index is 2.22. The van der Waals surface area contributed by atoms with Gasteiger partial charge in [-0.3, -0.25) is 4.98 Å². The van der Waals surface area contributed by atoms with Gasteiger partial charge in [0.05, 0.1) is 18.1 Å². The minimum Gasteiger partial charge on any atom is -0.310 e. The van der Waals surface area contributed by atoms with Crippen molar-refractivity contribution >= 4 is 11.6 Å². The first-order chi connectivity index (χ1) is 7.29. The lowest BCUT2D eigenvalue weighted by Gasteiger charge is -2.04. The second-order valence-corrected chi connectivity index (χ2v) is 3.55. The van der Waals surface area contributed by atoms with Gasteiger partial charge in [0.2, 0.25) is 0 Å². The second kappa shape index (κ2) is 4.40. The van der Waals surface area contributed by atoms with E-state index in [1.807, 2.05) is 29.7 Å². The van der Waals surface area contributed by atoms with Crippen molar-refractivity contribution in [3.63, 3.8) is 0 Å². The summed E-state index contributed by atoms with van der Waals surface area (Å²) in [4.78, 5) is 4.40. The van der Waals surface area contributed by atoms with Gasteiger partial charge >= 0.3 is 0 Å². The SMILES string of the molecule is Cc1cccc(Cn2cnnc2CCl)n1. The summed E-state index contributed by atoms with van der Waals surface area (Å²) in [7, 11) is 0. The maximum atomic E-state index is 5.73. The number of nitrogens with zero attached hydrogens (tertiary/aromatic N) is 4. The van der Waals surface area contributed by atoms with Crippen LogP contribution in [0.5, 0.6) is 0 Å². The highest BCUT2D eigenvalue weighted by atomic mass is 35.5. The van der Waals surface area contributed by atoms with Gasteiger partial charge in [0.1, 0.15) is 12.2 Å². The number of hydrogen-bond acceptors (Lipinski definition) is 3. The molecule has 2 aromatic heterocycles. The summed E-state index contributed by atoms with van der Waals surface area (Å²) in [6.07, 6.45) is 1.67. The van der Waals surface area contributed by atoms with Crippen LogP contribution < -0.4 is 0 Å². The minimum absolute atomic E-state index is 0.367. The molecule has 0 fully saturated rings. The number of halogens is 1. The van der Waals surface area contributed by atoms with Crippen LogP contribution in [-0.4, -0.2) is 19.7 Å². The molecule has 0 bridgehead atoms. The maximum Gasteiger partial charge on any atom is 0.148 e. The summed E-state index contributed by atoms with van der Waals surface area (Å²) in [6.45, 7) is 2.63. The average Bonchev–Trinajstić information content (AvgIpc) is 2.65. The quantitative estimate of drug-likeness (QED) is 0.744. The number of hydrogen-bond donors (Lipinski definition) is 0. The fourth-order valence-electron chi connectivity index (χ4n) is 1.38. The molecule has 0 saturated carbocycles. The highest BCUT2D eigenvalue weighted by Crippen LogP contribution is 2.05. The molecule has 0 atom stereocenters. The Morgan fingerprint density at radius 1 is 1.40 bits per heavy atom. The first-order valence-electron chi connectivity index (χ1n) is 4.65. The van der Waals surface area contributed by atoms with Crippen molar-refractivity contribution in [1.82, 2.24) is 19.7 Å². The van der Waals surface area contributed by atoms with Crippen LogP contribution in [0.25, 0.3) is 0 Å². The summed E-state index contributed by atoms with van der Waals surface area (Å²) in [5.41, 5.74) is 1.99. The standard InChI is InChI=1S/C10H11ClN4/c1-8-3-2-4-9(13-8)6-15-7-12-14-10(15)5-11/h2-4,7H,5-6H2,1H3. The summed E-state index contributed by atoms with van der Waals surface area (Å²) in [5, 5.41) is 7.72. The fraction of sp³-hybridized carbons (Fsp3) is 0.300. The Labute approximate surface area is 92.9 Å². The molecule has 0 N–H and O–H groups in total. The van der Waals surface area contributed by atoms with Gasteiger partial charge in [-0.25, -0.2) is 0 Å². The lowest BCUT2D eigenvalue weighted by Crippen LogP contribution is -2.04. The zero-order valence-electron chi connectivity index (χ0n) is 8.39. The second-order valence-electron chi connectivity index (χ2n) is 3.28. The first-order valence-corrected chi connectivity index (χ1v) is 5.18. The largest absolute Gasteiger partial charge is 0.310 e. The lowest BCUT2D eigenvalue weighted by atomic mass is 10.3. The molecule has 5 heteroatoms. The van der Waals surface area contributed by atoms with Crippen molar-refractivity contribution in [2.45, 2.75) is 19.3 Å². The van der Waals surface area contributed by atoms with E-state index in [-0.39, 0.29) is 0 Å². The van der Waals surface area contributed by atoms with Crippen molar-refractivity contribution in [1.29, 1.82) is 0 Å². The molecule has 2 aromatic rings. The van der Waals surface area contributed by atoms with Gasteiger partial charge in [-0.1, -0.05) is 6.07 Å². The first kappa shape index (κ1) is 10.1. The molecule has 0 amide bonds. The number of alkyl halides is 1. The zero-order chi connectivity index (χ0) is 10.7. The third kappa shape index (κ3) is 2.33. The molecule has 78 valence electrons. The van der Waals surface area contributed by atoms with Gasteiger partial charge in [0, 0.05) is 5.69 Å². The summed E-state index contributed by atoms with van der Waals surface area (Å²) in [6, 6.07) is 5.94. The van der Waals surface area contributed by atoms with Gasteiger partial charge in [-0.15, -0.1) is 21.8 Å². The Kier molecular flexibility index (Phi) is 2.97. The predicted octanol–water partition coefficient (Wildman–Crippen LogP) is 1.77. The molecule has 15 heavy (non-hydrogen) atoms. The van der Waals surface area contributed by atoms with Gasteiger partial charge < -0.3 is 4.57 Å². The Bertz CT molecular complexity index is 452. The summed E-state index contributed by atoms with van der Waals surface area (Å²) in [5.74, 6) is 1.13. The van der Waals surface area contributed by atoms with Crippen LogP contribution in [0.2, 0.25) is 0 Å². The topological polar surface area (TPSA) is 43.6 Å². The van der Waals surface area contributed by atoms with Crippen molar-refractivity contribution in [3.05, 3.63) is 41.7 Å².